The van der Waals surface area contributed by atoms with Crippen LogP contribution >= 0.6 is 0 Å². The molecule has 49 heavy (non-hydrogen) atoms. The number of nitrogens with one attached hydrogen (secondary N) is 1. The summed E-state index contributed by atoms with van der Waals surface area (Å²) in [6.07, 6.45) is 7.31. The van der Waals surface area contributed by atoms with Crippen molar-refractivity contribution in [3.05, 3.63) is 101 Å². The van der Waals surface area contributed by atoms with Crippen molar-refractivity contribution >= 4 is 29.3 Å². The van der Waals surface area contributed by atoms with E-state index in [1.807, 2.05) is 67.6 Å². The summed E-state index contributed by atoms with van der Waals surface area (Å²) in [4.78, 5) is 60.0. The van der Waals surface area contributed by atoms with E-state index in [0.29, 0.717) is 23.2 Å². The van der Waals surface area contributed by atoms with E-state index >= 15 is 4.79 Å². The molecule has 0 aromatic heterocycles. The molecule has 252 valence electrons. The highest BCUT2D eigenvalue weighted by Crippen LogP contribution is 2.65. The van der Waals surface area contributed by atoms with Gasteiger partial charge in [-0.1, -0.05) is 91.1 Å². The second kappa shape index (κ2) is 11.9. The summed E-state index contributed by atoms with van der Waals surface area (Å²) in [6, 6.07) is 21.9. The summed E-state index contributed by atoms with van der Waals surface area (Å²) >= 11 is 0. The first-order valence-electron chi connectivity index (χ1n) is 17.5. The quantitative estimate of drug-likeness (QED) is 0.245. The molecule has 2 heterocycles. The highest BCUT2D eigenvalue weighted by molar-refractivity contribution is 6.13. The third kappa shape index (κ3) is 4.57. The number of aryl methyl sites for hydroxylation is 1. The number of aromatic hydroxyl groups is 1. The number of imide groups is 2. The lowest BCUT2D eigenvalue weighted by Crippen LogP contribution is -2.53. The summed E-state index contributed by atoms with van der Waals surface area (Å²) in [5, 5.41) is 12.9. The number of likely N-dealkylation sites (tertiary alicyclic amines) is 1. The standard InChI is InChI=1S/C40H41N3O6/c1-23-16-18-25(19-17-23)41-43-37(46)31-22-30-27(20-21-28-33(30)38(47)42(36(28)45)26-12-7-4-8-13-26)34(29-14-9-15-32(49-2)35(29)44)40(31,39(43)48)24-10-5-3-6-11-24/h3,5-6,9-11,14-20,26,28,30-31,33-34,41,44H,4,7-8,12-13,21-22H2,1-2H3. The number of ether oxygens (including phenoxy) is 1. The van der Waals surface area contributed by atoms with E-state index in [-0.39, 0.29) is 35.8 Å². The van der Waals surface area contributed by atoms with Crippen molar-refractivity contribution in [1.29, 1.82) is 0 Å². The zero-order valence-corrected chi connectivity index (χ0v) is 27.8. The number of fused-ring (bicyclic) bond motifs is 4. The predicted molar refractivity (Wildman–Crippen MR) is 182 cm³/mol. The fourth-order valence-electron chi connectivity index (χ4n) is 9.75. The minimum Gasteiger partial charge on any atom is -0.504 e. The number of hydrogen-bond acceptors (Lipinski definition) is 7. The number of para-hydroxylation sites is 1. The average molecular weight is 660 g/mol. The van der Waals surface area contributed by atoms with Crippen molar-refractivity contribution < 1.29 is 29.0 Å². The molecule has 6 unspecified atom stereocenters. The number of amides is 4. The van der Waals surface area contributed by atoms with E-state index in [0.717, 1.165) is 48.2 Å². The van der Waals surface area contributed by atoms with E-state index in [2.05, 4.69) is 5.43 Å². The zero-order chi connectivity index (χ0) is 34.0. The molecule has 9 heteroatoms. The fraction of sp³-hybridized carbons (Fsp3) is 0.400. The number of allylic oxidation sites excluding steroid dienone is 2. The highest BCUT2D eigenvalue weighted by atomic mass is 16.5. The van der Waals surface area contributed by atoms with Crippen LogP contribution in [0.15, 0.2) is 84.4 Å². The molecule has 5 aliphatic rings. The smallest absolute Gasteiger partial charge is 0.260 e. The molecule has 3 aromatic rings. The Labute approximate surface area is 285 Å². The SMILES string of the molecule is COc1cccc(C2C3=CCC4C(=O)N(C5CCCCC5)C(=O)C4C3CC3C(=O)N(Nc4ccc(C)cc4)C(=O)C32c2ccccc2)c1O. The third-order valence-corrected chi connectivity index (χ3v) is 11.9. The number of methoxy groups -OCH3 is 1. The molecule has 0 bridgehead atoms. The van der Waals surface area contributed by atoms with Crippen LogP contribution in [0.1, 0.15) is 67.6 Å². The number of carbonyl (C=O) groups excluding carboxylic acids is 4. The van der Waals surface area contributed by atoms with E-state index in [1.165, 1.54) is 7.11 Å². The van der Waals surface area contributed by atoms with Gasteiger partial charge in [-0.3, -0.25) is 29.5 Å². The zero-order valence-electron chi connectivity index (χ0n) is 27.8. The number of phenolic OH excluding ortho intramolecular Hbond substituents is 1. The molecule has 2 saturated carbocycles. The lowest BCUT2D eigenvalue weighted by atomic mass is 9.49. The third-order valence-electron chi connectivity index (χ3n) is 11.9. The lowest BCUT2D eigenvalue weighted by Gasteiger charge is -2.50. The molecule has 4 fully saturated rings. The lowest BCUT2D eigenvalue weighted by molar-refractivity contribution is -0.144. The molecule has 0 spiro atoms. The first-order valence-corrected chi connectivity index (χ1v) is 17.5. The van der Waals surface area contributed by atoms with Crippen LogP contribution in [-0.2, 0) is 24.6 Å². The van der Waals surface area contributed by atoms with Crippen LogP contribution in [-0.4, -0.2) is 51.8 Å². The Morgan fingerprint density at radius 3 is 2.29 bits per heavy atom. The van der Waals surface area contributed by atoms with Gasteiger partial charge in [-0.05, 0) is 62.3 Å². The number of rotatable bonds is 6. The minimum atomic E-state index is -1.45. The Balaban J connectivity index is 1.32. The van der Waals surface area contributed by atoms with Gasteiger partial charge in [0.25, 0.3) is 11.8 Å². The van der Waals surface area contributed by atoms with Crippen molar-refractivity contribution in [1.82, 2.24) is 9.91 Å². The number of phenols is 1. The number of carbonyl (C=O) groups is 4. The molecule has 2 saturated heterocycles. The van der Waals surface area contributed by atoms with Gasteiger partial charge < -0.3 is 9.84 Å². The Morgan fingerprint density at radius 1 is 0.837 bits per heavy atom. The Morgan fingerprint density at radius 2 is 1.57 bits per heavy atom. The van der Waals surface area contributed by atoms with Crippen LogP contribution in [0.3, 0.4) is 0 Å². The largest absolute Gasteiger partial charge is 0.504 e. The van der Waals surface area contributed by atoms with Crippen LogP contribution in [0.4, 0.5) is 5.69 Å². The first kappa shape index (κ1) is 31.4. The van der Waals surface area contributed by atoms with Gasteiger partial charge in [0.2, 0.25) is 11.8 Å². The second-order valence-electron chi connectivity index (χ2n) is 14.3. The van der Waals surface area contributed by atoms with Gasteiger partial charge in [0.1, 0.15) is 0 Å². The van der Waals surface area contributed by atoms with Gasteiger partial charge in [-0.2, -0.15) is 5.01 Å². The van der Waals surface area contributed by atoms with Crippen molar-refractivity contribution in [2.75, 3.05) is 12.5 Å². The molecule has 2 aliphatic heterocycles. The van der Waals surface area contributed by atoms with Crippen LogP contribution < -0.4 is 10.2 Å². The summed E-state index contributed by atoms with van der Waals surface area (Å²) < 4.78 is 5.55. The highest BCUT2D eigenvalue weighted by Gasteiger charge is 2.70. The molecular formula is C40H41N3O6. The van der Waals surface area contributed by atoms with E-state index < -0.39 is 46.8 Å². The van der Waals surface area contributed by atoms with Gasteiger partial charge in [-0.25, -0.2) is 0 Å². The molecule has 4 amide bonds. The van der Waals surface area contributed by atoms with Gasteiger partial charge in [-0.15, -0.1) is 0 Å². The van der Waals surface area contributed by atoms with Crippen molar-refractivity contribution in [3.8, 4) is 11.5 Å². The summed E-state index contributed by atoms with van der Waals surface area (Å²) in [6.45, 7) is 1.97. The maximum atomic E-state index is 15.2. The number of hydrogen-bond donors (Lipinski definition) is 2. The molecule has 8 rings (SSSR count). The summed E-state index contributed by atoms with van der Waals surface area (Å²) in [7, 11) is 1.48. The molecule has 0 radical (unpaired) electrons. The molecule has 9 nitrogen and oxygen atoms in total. The number of benzene rings is 3. The minimum absolute atomic E-state index is 0.100. The Bertz CT molecular complexity index is 1870. The topological polar surface area (TPSA) is 116 Å². The van der Waals surface area contributed by atoms with Gasteiger partial charge >= 0.3 is 0 Å². The monoisotopic (exact) mass is 659 g/mol. The summed E-state index contributed by atoms with van der Waals surface area (Å²) in [5.74, 6) is -4.31. The predicted octanol–water partition coefficient (Wildman–Crippen LogP) is 6.03. The number of nitrogens with zero attached hydrogens (tertiary/aromatic N) is 2. The Kier molecular flexibility index (Phi) is 7.61. The molecule has 2 N–H and O–H groups in total. The maximum Gasteiger partial charge on any atom is 0.260 e. The van der Waals surface area contributed by atoms with Gasteiger partial charge in [0, 0.05) is 17.5 Å². The van der Waals surface area contributed by atoms with Gasteiger partial charge in [0.05, 0.1) is 36.0 Å². The number of hydrazine groups is 1. The van der Waals surface area contributed by atoms with Crippen molar-refractivity contribution in [2.24, 2.45) is 23.7 Å². The Hall–Kier alpha value is -4.92. The van der Waals surface area contributed by atoms with Gasteiger partial charge in [0.15, 0.2) is 11.5 Å². The maximum absolute atomic E-state index is 15.2. The van der Waals surface area contributed by atoms with Crippen molar-refractivity contribution in [3.63, 3.8) is 0 Å². The normalized spacial score (nSPS) is 29.8. The number of anilines is 1. The molecule has 3 aromatic carbocycles. The van der Waals surface area contributed by atoms with E-state index in [1.54, 1.807) is 23.1 Å². The van der Waals surface area contributed by atoms with E-state index in [4.69, 9.17) is 4.74 Å². The van der Waals surface area contributed by atoms with E-state index in [9.17, 15) is 19.5 Å². The second-order valence-corrected chi connectivity index (χ2v) is 14.3. The average Bonchev–Trinajstić information content (AvgIpc) is 3.51. The molecule has 3 aliphatic carbocycles. The first-order chi connectivity index (χ1) is 23.8. The van der Waals surface area contributed by atoms with Crippen molar-refractivity contribution in [2.45, 2.75) is 69.2 Å². The van der Waals surface area contributed by atoms with Crippen LogP contribution in [0.2, 0.25) is 0 Å². The van der Waals surface area contributed by atoms with Crippen LogP contribution in [0.25, 0.3) is 0 Å². The molecule has 6 atom stereocenters. The summed E-state index contributed by atoms with van der Waals surface area (Å²) in [5.41, 5.74) is 5.20. The molecular weight excluding hydrogens is 618 g/mol. The van der Waals surface area contributed by atoms with Crippen LogP contribution in [0.5, 0.6) is 11.5 Å². The fourth-order valence-corrected chi connectivity index (χ4v) is 9.75. The van der Waals surface area contributed by atoms with Crippen LogP contribution in [0, 0.1) is 30.6 Å².